The third-order valence-corrected chi connectivity index (χ3v) is 3.76. The Morgan fingerprint density at radius 1 is 0.909 bits per heavy atom. The van der Waals surface area contributed by atoms with Gasteiger partial charge in [0, 0.05) is 29.2 Å². The third-order valence-electron chi connectivity index (χ3n) is 3.76. The van der Waals surface area contributed by atoms with E-state index < -0.39 is 12.1 Å². The first kappa shape index (κ1) is 14.2. The molecule has 0 aliphatic heterocycles. The number of esters is 1. The minimum absolute atomic E-state index is 0.156. The van der Waals surface area contributed by atoms with Gasteiger partial charge in [-0.05, 0) is 24.6 Å². The molecule has 2 aromatic carbocycles. The van der Waals surface area contributed by atoms with Crippen LogP contribution < -0.4 is 0 Å². The summed E-state index contributed by atoms with van der Waals surface area (Å²) < 4.78 is 5.12. The minimum Gasteiger partial charge on any atom is -0.458 e. The molecule has 0 saturated heterocycles. The Labute approximate surface area is 127 Å². The van der Waals surface area contributed by atoms with Crippen LogP contribution in [0.2, 0.25) is 0 Å². The molecule has 0 heterocycles. The molecule has 0 saturated carbocycles. The zero-order chi connectivity index (χ0) is 15.9. The van der Waals surface area contributed by atoms with Crippen molar-refractivity contribution >= 4 is 17.5 Å². The number of rotatable bonds is 2. The van der Waals surface area contributed by atoms with Gasteiger partial charge in [0.05, 0.1) is 0 Å². The van der Waals surface area contributed by atoms with Gasteiger partial charge in [0.2, 0.25) is 0 Å². The smallest absolute Gasteiger partial charge is 0.303 e. The van der Waals surface area contributed by atoms with Crippen molar-refractivity contribution in [2.24, 2.45) is 0 Å². The van der Waals surface area contributed by atoms with Gasteiger partial charge in [-0.15, -0.1) is 0 Å². The number of hydrogen-bond donors (Lipinski definition) is 0. The van der Waals surface area contributed by atoms with E-state index in [0.717, 1.165) is 0 Å². The SMILES string of the molecule is CC(=O)OC(C)c1ccc2c(c1)C(=O)c1ccccc1C2=O. The molecule has 1 atom stereocenters. The molecule has 0 aromatic heterocycles. The van der Waals surface area contributed by atoms with Crippen LogP contribution >= 0.6 is 0 Å². The second kappa shape index (κ2) is 5.22. The Morgan fingerprint density at radius 3 is 2.05 bits per heavy atom. The second-order valence-corrected chi connectivity index (χ2v) is 5.26. The fourth-order valence-corrected chi connectivity index (χ4v) is 2.69. The van der Waals surface area contributed by atoms with Gasteiger partial charge in [-0.3, -0.25) is 14.4 Å². The van der Waals surface area contributed by atoms with Crippen molar-refractivity contribution in [3.8, 4) is 0 Å². The summed E-state index contributed by atoms with van der Waals surface area (Å²) in [6, 6.07) is 11.8. The van der Waals surface area contributed by atoms with Gasteiger partial charge in [-0.2, -0.15) is 0 Å². The molecule has 2 aromatic rings. The van der Waals surface area contributed by atoms with E-state index in [-0.39, 0.29) is 11.6 Å². The number of benzene rings is 2. The number of ketones is 2. The number of ether oxygens (including phenoxy) is 1. The topological polar surface area (TPSA) is 60.4 Å². The fraction of sp³-hybridized carbons (Fsp3) is 0.167. The monoisotopic (exact) mass is 294 g/mol. The van der Waals surface area contributed by atoms with E-state index in [0.29, 0.717) is 27.8 Å². The molecule has 0 fully saturated rings. The van der Waals surface area contributed by atoms with Crippen LogP contribution in [0.3, 0.4) is 0 Å². The Morgan fingerprint density at radius 2 is 1.45 bits per heavy atom. The minimum atomic E-state index is -0.470. The van der Waals surface area contributed by atoms with Crippen molar-refractivity contribution < 1.29 is 19.1 Å². The van der Waals surface area contributed by atoms with Gasteiger partial charge in [-0.25, -0.2) is 0 Å². The molecule has 3 rings (SSSR count). The summed E-state index contributed by atoms with van der Waals surface area (Å²) in [7, 11) is 0. The van der Waals surface area contributed by atoms with Crippen molar-refractivity contribution in [2.75, 3.05) is 0 Å². The summed E-state index contributed by atoms with van der Waals surface area (Å²) >= 11 is 0. The first-order valence-electron chi connectivity index (χ1n) is 6.98. The number of carbonyl (C=O) groups is 3. The quantitative estimate of drug-likeness (QED) is 0.681. The highest BCUT2D eigenvalue weighted by molar-refractivity contribution is 6.28. The standard InChI is InChI=1S/C18H14O4/c1-10(22-11(2)19)12-7-8-15-16(9-12)18(21)14-6-4-3-5-13(14)17(15)20/h3-10H,1-2H3. The molecule has 0 amide bonds. The van der Waals surface area contributed by atoms with Crippen LogP contribution in [0.15, 0.2) is 42.5 Å². The average Bonchev–Trinajstić information content (AvgIpc) is 2.51. The van der Waals surface area contributed by atoms with Crippen LogP contribution in [-0.4, -0.2) is 17.5 Å². The van der Waals surface area contributed by atoms with E-state index in [1.165, 1.54) is 6.92 Å². The lowest BCUT2D eigenvalue weighted by Gasteiger charge is -2.19. The van der Waals surface area contributed by atoms with Crippen LogP contribution in [-0.2, 0) is 9.53 Å². The van der Waals surface area contributed by atoms with Crippen molar-refractivity contribution in [1.82, 2.24) is 0 Å². The van der Waals surface area contributed by atoms with Crippen LogP contribution in [0.1, 0.15) is 57.4 Å². The van der Waals surface area contributed by atoms with Gasteiger partial charge in [-0.1, -0.05) is 30.3 Å². The predicted octanol–water partition coefficient (Wildman–Crippen LogP) is 3.09. The fourth-order valence-electron chi connectivity index (χ4n) is 2.69. The molecule has 1 aliphatic rings. The van der Waals surface area contributed by atoms with Gasteiger partial charge in [0.15, 0.2) is 11.6 Å². The van der Waals surface area contributed by atoms with Gasteiger partial charge < -0.3 is 4.74 Å². The van der Waals surface area contributed by atoms with E-state index in [1.807, 2.05) is 0 Å². The third kappa shape index (κ3) is 2.22. The number of hydrogen-bond acceptors (Lipinski definition) is 4. The summed E-state index contributed by atoms with van der Waals surface area (Å²) in [5.41, 5.74) is 2.29. The van der Waals surface area contributed by atoms with Crippen molar-refractivity contribution in [1.29, 1.82) is 0 Å². The lowest BCUT2D eigenvalue weighted by Crippen LogP contribution is -2.21. The van der Waals surface area contributed by atoms with Crippen LogP contribution in [0.25, 0.3) is 0 Å². The van der Waals surface area contributed by atoms with E-state index in [9.17, 15) is 14.4 Å². The molecular weight excluding hydrogens is 280 g/mol. The summed E-state index contributed by atoms with van der Waals surface area (Å²) in [5.74, 6) is -0.725. The number of fused-ring (bicyclic) bond motifs is 2. The van der Waals surface area contributed by atoms with Crippen LogP contribution in [0.5, 0.6) is 0 Å². The second-order valence-electron chi connectivity index (χ2n) is 5.26. The molecule has 0 bridgehead atoms. The zero-order valence-corrected chi connectivity index (χ0v) is 12.3. The van der Waals surface area contributed by atoms with Gasteiger partial charge in [0.25, 0.3) is 0 Å². The lowest BCUT2D eigenvalue weighted by atomic mass is 9.83. The highest BCUT2D eigenvalue weighted by Gasteiger charge is 2.29. The van der Waals surface area contributed by atoms with Crippen molar-refractivity contribution in [3.05, 3.63) is 70.3 Å². The molecule has 4 heteroatoms. The summed E-state index contributed by atoms with van der Waals surface area (Å²) in [6.07, 6.45) is -0.470. The molecular formula is C18H14O4. The Balaban J connectivity index is 2.08. The Hall–Kier alpha value is -2.75. The predicted molar refractivity (Wildman–Crippen MR) is 79.9 cm³/mol. The highest BCUT2D eigenvalue weighted by atomic mass is 16.5. The van der Waals surface area contributed by atoms with Crippen molar-refractivity contribution in [2.45, 2.75) is 20.0 Å². The maximum Gasteiger partial charge on any atom is 0.303 e. The molecule has 22 heavy (non-hydrogen) atoms. The van der Waals surface area contributed by atoms with Crippen molar-refractivity contribution in [3.63, 3.8) is 0 Å². The summed E-state index contributed by atoms with van der Waals surface area (Å²) in [6.45, 7) is 3.06. The molecule has 1 aliphatic carbocycles. The van der Waals surface area contributed by atoms with Crippen LogP contribution in [0, 0.1) is 0 Å². The van der Waals surface area contributed by atoms with E-state index in [4.69, 9.17) is 4.74 Å². The molecule has 0 N–H and O–H groups in total. The highest BCUT2D eigenvalue weighted by Crippen LogP contribution is 2.29. The normalized spacial score (nSPS) is 14.1. The average molecular weight is 294 g/mol. The molecule has 1 unspecified atom stereocenters. The molecule has 110 valence electrons. The van der Waals surface area contributed by atoms with E-state index in [2.05, 4.69) is 0 Å². The van der Waals surface area contributed by atoms with Gasteiger partial charge in [0.1, 0.15) is 6.10 Å². The molecule has 0 spiro atoms. The summed E-state index contributed by atoms with van der Waals surface area (Å²) in [5, 5.41) is 0. The van der Waals surface area contributed by atoms with E-state index in [1.54, 1.807) is 49.4 Å². The van der Waals surface area contributed by atoms with E-state index >= 15 is 0 Å². The first-order valence-corrected chi connectivity index (χ1v) is 6.98. The van der Waals surface area contributed by atoms with Gasteiger partial charge >= 0.3 is 5.97 Å². The van der Waals surface area contributed by atoms with Crippen LogP contribution in [0.4, 0.5) is 0 Å². The zero-order valence-electron chi connectivity index (χ0n) is 12.3. The lowest BCUT2D eigenvalue weighted by molar-refractivity contribution is -0.145. The maximum atomic E-state index is 12.6. The first-order chi connectivity index (χ1) is 10.5. The number of carbonyl (C=O) groups excluding carboxylic acids is 3. The Bertz CT molecular complexity index is 804. The molecule has 4 nitrogen and oxygen atoms in total. The maximum absolute atomic E-state index is 12.6. The largest absolute Gasteiger partial charge is 0.458 e. The Kier molecular flexibility index (Phi) is 3.37. The summed E-state index contributed by atoms with van der Waals surface area (Å²) in [4.78, 5) is 36.1. The molecule has 0 radical (unpaired) electrons.